The van der Waals surface area contributed by atoms with Crippen molar-refractivity contribution < 1.29 is 5.48 Å². The van der Waals surface area contributed by atoms with E-state index < -0.39 is 0 Å². The Bertz CT molecular complexity index is 655. The Kier molecular flexibility index (Phi) is 3.89. The molecule has 1 heterocycles. The van der Waals surface area contributed by atoms with E-state index in [1.165, 1.54) is 0 Å². The molecule has 0 spiro atoms. The fraction of sp³-hybridized carbons (Fsp3) is 0. The zero-order valence-electron chi connectivity index (χ0n) is 9.05. The minimum atomic E-state index is 0. The SMILES string of the molecule is Cl.Nc1cccc2cc3ccccc3nc12.O. The molecule has 0 unspecified atom stereocenters. The number of nitrogens with zero attached hydrogens (tertiary/aromatic N) is 1. The van der Waals surface area contributed by atoms with Gasteiger partial charge in [-0.15, -0.1) is 12.4 Å². The summed E-state index contributed by atoms with van der Waals surface area (Å²) in [5.41, 5.74) is 8.49. The van der Waals surface area contributed by atoms with Crippen LogP contribution >= 0.6 is 12.4 Å². The predicted molar refractivity (Wildman–Crippen MR) is 74.5 cm³/mol. The molecule has 0 radical (unpaired) electrons. The van der Waals surface area contributed by atoms with Crippen molar-refractivity contribution in [2.24, 2.45) is 0 Å². The number of rotatable bonds is 0. The molecule has 2 aromatic carbocycles. The quantitative estimate of drug-likeness (QED) is 0.491. The number of hydrogen-bond acceptors (Lipinski definition) is 2. The van der Waals surface area contributed by atoms with Gasteiger partial charge in [-0.2, -0.15) is 0 Å². The highest BCUT2D eigenvalue weighted by Crippen LogP contribution is 2.23. The van der Waals surface area contributed by atoms with Gasteiger partial charge in [0.05, 0.1) is 16.7 Å². The maximum atomic E-state index is 5.88. The molecule has 4 N–H and O–H groups in total. The van der Waals surface area contributed by atoms with Crippen LogP contribution in [0.4, 0.5) is 5.69 Å². The van der Waals surface area contributed by atoms with Crippen molar-refractivity contribution >= 4 is 39.9 Å². The second-order valence-corrected chi connectivity index (χ2v) is 3.60. The molecule has 1 aromatic heterocycles. The topological polar surface area (TPSA) is 70.4 Å². The van der Waals surface area contributed by atoms with Crippen molar-refractivity contribution in [3.63, 3.8) is 0 Å². The van der Waals surface area contributed by atoms with Gasteiger partial charge >= 0.3 is 0 Å². The standard InChI is InChI=1S/C13H10N2.ClH.H2O/c14-11-6-3-5-10-8-9-4-1-2-7-12(9)15-13(10)11;;/h1-8H,14H2;1H;1H2. The summed E-state index contributed by atoms with van der Waals surface area (Å²) in [7, 11) is 0. The number of nitrogens with two attached hydrogens (primary N) is 1. The number of para-hydroxylation sites is 2. The van der Waals surface area contributed by atoms with Crippen LogP contribution in [0, 0.1) is 0 Å². The molecule has 88 valence electrons. The monoisotopic (exact) mass is 248 g/mol. The Morgan fingerprint density at radius 1 is 0.882 bits per heavy atom. The minimum absolute atomic E-state index is 0. The van der Waals surface area contributed by atoms with Crippen LogP contribution in [0.1, 0.15) is 0 Å². The molecule has 0 saturated carbocycles. The van der Waals surface area contributed by atoms with Crippen molar-refractivity contribution in [3.05, 3.63) is 48.5 Å². The van der Waals surface area contributed by atoms with Gasteiger partial charge in [-0.05, 0) is 18.2 Å². The first kappa shape index (κ1) is 13.2. The van der Waals surface area contributed by atoms with Crippen molar-refractivity contribution in [2.75, 3.05) is 5.73 Å². The first-order chi connectivity index (χ1) is 7.34. The summed E-state index contributed by atoms with van der Waals surface area (Å²) < 4.78 is 0. The van der Waals surface area contributed by atoms with Crippen LogP contribution in [0.25, 0.3) is 21.8 Å². The number of aromatic nitrogens is 1. The van der Waals surface area contributed by atoms with Crippen LogP contribution in [0.5, 0.6) is 0 Å². The maximum absolute atomic E-state index is 5.88. The molecular formula is C13H13ClN2O. The normalized spacial score (nSPS) is 9.65. The first-order valence-corrected chi connectivity index (χ1v) is 4.88. The van der Waals surface area contributed by atoms with Crippen LogP contribution in [-0.4, -0.2) is 10.5 Å². The van der Waals surface area contributed by atoms with E-state index in [0.29, 0.717) is 0 Å². The highest BCUT2D eigenvalue weighted by Gasteiger charge is 2.00. The van der Waals surface area contributed by atoms with Crippen LogP contribution in [-0.2, 0) is 0 Å². The Hall–Kier alpha value is -1.84. The third-order valence-electron chi connectivity index (χ3n) is 2.58. The number of fused-ring (bicyclic) bond motifs is 2. The van der Waals surface area contributed by atoms with E-state index in [1.54, 1.807) is 0 Å². The van der Waals surface area contributed by atoms with Gasteiger partial charge in [0.15, 0.2) is 0 Å². The third kappa shape index (κ3) is 2.16. The predicted octanol–water partition coefficient (Wildman–Crippen LogP) is 2.57. The molecule has 17 heavy (non-hydrogen) atoms. The molecule has 0 aliphatic carbocycles. The van der Waals surface area contributed by atoms with Gasteiger partial charge in [0.25, 0.3) is 0 Å². The lowest BCUT2D eigenvalue weighted by Crippen LogP contribution is -1.89. The molecular weight excluding hydrogens is 236 g/mol. The van der Waals surface area contributed by atoms with Gasteiger partial charge in [0, 0.05) is 10.8 Å². The average molecular weight is 249 g/mol. The zero-order chi connectivity index (χ0) is 10.3. The number of pyridine rings is 1. The highest BCUT2D eigenvalue weighted by atomic mass is 35.5. The fourth-order valence-electron chi connectivity index (χ4n) is 1.82. The molecule has 0 aliphatic rings. The van der Waals surface area contributed by atoms with E-state index in [9.17, 15) is 0 Å². The van der Waals surface area contributed by atoms with E-state index in [0.717, 1.165) is 27.5 Å². The van der Waals surface area contributed by atoms with Crippen molar-refractivity contribution in [1.82, 2.24) is 4.98 Å². The summed E-state index contributed by atoms with van der Waals surface area (Å²) in [5, 5.41) is 2.24. The number of halogens is 1. The van der Waals surface area contributed by atoms with Gasteiger partial charge < -0.3 is 11.2 Å². The molecule has 0 bridgehead atoms. The van der Waals surface area contributed by atoms with Gasteiger partial charge in [0.2, 0.25) is 0 Å². The van der Waals surface area contributed by atoms with E-state index in [1.807, 2.05) is 36.4 Å². The first-order valence-electron chi connectivity index (χ1n) is 4.88. The molecule has 3 aromatic rings. The van der Waals surface area contributed by atoms with Crippen LogP contribution in [0.3, 0.4) is 0 Å². The second-order valence-electron chi connectivity index (χ2n) is 3.60. The lowest BCUT2D eigenvalue weighted by Gasteiger charge is -2.03. The fourth-order valence-corrected chi connectivity index (χ4v) is 1.82. The molecule has 3 nitrogen and oxygen atoms in total. The molecule has 0 saturated heterocycles. The van der Waals surface area contributed by atoms with Gasteiger partial charge in [-0.3, -0.25) is 0 Å². The highest BCUT2D eigenvalue weighted by molar-refractivity contribution is 5.97. The summed E-state index contributed by atoms with van der Waals surface area (Å²) in [6, 6.07) is 16.0. The van der Waals surface area contributed by atoms with Crippen LogP contribution < -0.4 is 5.73 Å². The van der Waals surface area contributed by atoms with Crippen molar-refractivity contribution in [3.8, 4) is 0 Å². The molecule has 0 aliphatic heterocycles. The lowest BCUT2D eigenvalue weighted by atomic mass is 10.1. The third-order valence-corrected chi connectivity index (χ3v) is 2.58. The summed E-state index contributed by atoms with van der Waals surface area (Å²) in [6.07, 6.45) is 0. The summed E-state index contributed by atoms with van der Waals surface area (Å²) >= 11 is 0. The lowest BCUT2D eigenvalue weighted by molar-refractivity contribution is 0.824. The molecule has 3 rings (SSSR count). The number of nitrogen functional groups attached to an aromatic ring is 1. The summed E-state index contributed by atoms with van der Waals surface area (Å²) in [6.45, 7) is 0. The smallest absolute Gasteiger partial charge is 0.0938 e. The number of benzene rings is 2. The van der Waals surface area contributed by atoms with E-state index in [-0.39, 0.29) is 17.9 Å². The molecule has 0 atom stereocenters. The Balaban J connectivity index is 0.000000722. The van der Waals surface area contributed by atoms with Crippen LogP contribution in [0.15, 0.2) is 48.5 Å². The van der Waals surface area contributed by atoms with Gasteiger partial charge in [-0.25, -0.2) is 4.98 Å². The van der Waals surface area contributed by atoms with E-state index in [4.69, 9.17) is 5.73 Å². The van der Waals surface area contributed by atoms with Crippen molar-refractivity contribution in [2.45, 2.75) is 0 Å². The van der Waals surface area contributed by atoms with Gasteiger partial charge in [-0.1, -0.05) is 30.3 Å². The summed E-state index contributed by atoms with van der Waals surface area (Å²) in [5.74, 6) is 0. The van der Waals surface area contributed by atoms with Crippen LogP contribution in [0.2, 0.25) is 0 Å². The Labute approximate surface area is 105 Å². The molecule has 4 heteroatoms. The zero-order valence-corrected chi connectivity index (χ0v) is 9.87. The van der Waals surface area contributed by atoms with E-state index >= 15 is 0 Å². The average Bonchev–Trinajstić information content (AvgIpc) is 2.27. The van der Waals surface area contributed by atoms with Crippen molar-refractivity contribution in [1.29, 1.82) is 0 Å². The van der Waals surface area contributed by atoms with Gasteiger partial charge in [0.1, 0.15) is 0 Å². The van der Waals surface area contributed by atoms with E-state index in [2.05, 4.69) is 17.1 Å². The largest absolute Gasteiger partial charge is 0.412 e. The molecule has 0 amide bonds. The minimum Gasteiger partial charge on any atom is -0.412 e. The second kappa shape index (κ2) is 4.99. The Morgan fingerprint density at radius 3 is 2.41 bits per heavy atom. The maximum Gasteiger partial charge on any atom is 0.0938 e. The number of hydrogen-bond donors (Lipinski definition) is 1. The summed E-state index contributed by atoms with van der Waals surface area (Å²) in [4.78, 5) is 4.55. The Morgan fingerprint density at radius 2 is 1.59 bits per heavy atom. The molecule has 0 fully saturated rings. The number of anilines is 1.